The van der Waals surface area contributed by atoms with E-state index in [2.05, 4.69) is 10.5 Å². The number of nitrogens with one attached hydrogen (secondary N) is 1. The van der Waals surface area contributed by atoms with Gasteiger partial charge in [-0.2, -0.15) is 0 Å². The van der Waals surface area contributed by atoms with Gasteiger partial charge in [-0.3, -0.25) is 14.6 Å². The molecule has 4 rings (SSSR count). The lowest BCUT2D eigenvalue weighted by molar-refractivity contribution is -0.125. The maximum absolute atomic E-state index is 13.2. The van der Waals surface area contributed by atoms with Crippen molar-refractivity contribution in [2.24, 2.45) is 5.16 Å². The Morgan fingerprint density at radius 3 is 2.62 bits per heavy atom. The molecule has 0 aliphatic carbocycles. The molecule has 1 fully saturated rings. The fourth-order valence-corrected chi connectivity index (χ4v) is 4.50. The second-order valence-electron chi connectivity index (χ2n) is 8.78. The molecule has 0 atom stereocenters. The van der Waals surface area contributed by atoms with Crippen molar-refractivity contribution < 1.29 is 23.6 Å². The van der Waals surface area contributed by atoms with Crippen LogP contribution in [0, 0.1) is 6.92 Å². The third-order valence-corrected chi connectivity index (χ3v) is 6.33. The van der Waals surface area contributed by atoms with Crippen LogP contribution in [0.4, 0.5) is 0 Å². The Morgan fingerprint density at radius 2 is 1.92 bits per heavy atom. The number of amides is 2. The van der Waals surface area contributed by atoms with Crippen LogP contribution in [0.15, 0.2) is 64.4 Å². The van der Waals surface area contributed by atoms with Crippen LogP contribution in [-0.2, 0) is 16.2 Å². The Morgan fingerprint density at radius 1 is 1.14 bits per heavy atom. The van der Waals surface area contributed by atoms with Gasteiger partial charge in [0.05, 0.1) is 24.1 Å². The highest BCUT2D eigenvalue weighted by Crippen LogP contribution is 2.30. The summed E-state index contributed by atoms with van der Waals surface area (Å²) in [6, 6.07) is 14.7. The van der Waals surface area contributed by atoms with Gasteiger partial charge in [-0.25, -0.2) is 0 Å². The number of oxime groups is 1. The van der Waals surface area contributed by atoms with E-state index < -0.39 is 0 Å². The van der Waals surface area contributed by atoms with Gasteiger partial charge in [0.2, 0.25) is 5.71 Å². The average molecular weight is 505 g/mol. The van der Waals surface area contributed by atoms with Crippen LogP contribution >= 0.6 is 0 Å². The minimum absolute atomic E-state index is 0.0480. The lowest BCUT2D eigenvalue weighted by Crippen LogP contribution is -2.42. The molecule has 0 radical (unpaired) electrons. The van der Waals surface area contributed by atoms with Crippen molar-refractivity contribution in [2.45, 2.75) is 39.2 Å². The topological polar surface area (TPSA) is 106 Å². The highest BCUT2D eigenvalue weighted by atomic mass is 16.6. The molecule has 0 bridgehead atoms. The number of benzene rings is 1. The van der Waals surface area contributed by atoms with Gasteiger partial charge in [0.25, 0.3) is 11.8 Å². The highest BCUT2D eigenvalue weighted by Gasteiger charge is 2.31. The molecule has 1 saturated heterocycles. The number of hydrogen-bond donors (Lipinski definition) is 1. The maximum atomic E-state index is 13.2. The molecule has 9 nitrogen and oxygen atoms in total. The van der Waals surface area contributed by atoms with E-state index in [9.17, 15) is 9.59 Å². The molecule has 1 aliphatic heterocycles. The number of carbonyl (C=O) groups excluding carboxylic acids is 2. The zero-order chi connectivity index (χ0) is 26.2. The lowest BCUT2D eigenvalue weighted by atomic mass is 9.89. The van der Waals surface area contributed by atoms with E-state index >= 15 is 0 Å². The van der Waals surface area contributed by atoms with Gasteiger partial charge in [0.15, 0.2) is 5.76 Å². The summed E-state index contributed by atoms with van der Waals surface area (Å²) in [4.78, 5) is 37.7. The summed E-state index contributed by atoms with van der Waals surface area (Å²) in [7, 11) is 1.40. The summed E-state index contributed by atoms with van der Waals surface area (Å²) in [5.41, 5.74) is 3.21. The number of rotatable bonds is 9. The van der Waals surface area contributed by atoms with Gasteiger partial charge >= 0.3 is 0 Å². The summed E-state index contributed by atoms with van der Waals surface area (Å²) >= 11 is 0. The molecule has 194 valence electrons. The molecular weight excluding hydrogens is 472 g/mol. The van der Waals surface area contributed by atoms with Gasteiger partial charge in [-0.05, 0) is 57.0 Å². The van der Waals surface area contributed by atoms with Crippen LogP contribution in [-0.4, -0.2) is 54.2 Å². The Kier molecular flexibility index (Phi) is 8.56. The van der Waals surface area contributed by atoms with Crippen molar-refractivity contribution in [1.82, 2.24) is 15.2 Å². The van der Waals surface area contributed by atoms with E-state index in [1.54, 1.807) is 17.0 Å². The van der Waals surface area contributed by atoms with Crippen LogP contribution in [0.5, 0.6) is 5.75 Å². The van der Waals surface area contributed by atoms with Gasteiger partial charge in [-0.15, -0.1) is 0 Å². The second kappa shape index (κ2) is 12.2. The first-order chi connectivity index (χ1) is 18.0. The van der Waals surface area contributed by atoms with E-state index in [0.717, 1.165) is 22.7 Å². The first kappa shape index (κ1) is 25.9. The van der Waals surface area contributed by atoms with Crippen LogP contribution in [0.2, 0.25) is 0 Å². The number of likely N-dealkylation sites (tertiary alicyclic amines) is 1. The number of furan rings is 1. The minimum Gasteiger partial charge on any atom is -0.494 e. The Balaban J connectivity index is 1.45. The second-order valence-corrected chi connectivity index (χ2v) is 8.78. The molecular formula is C28H32N4O5. The third-order valence-electron chi connectivity index (χ3n) is 6.33. The number of aromatic nitrogens is 1. The maximum Gasteiger partial charge on any atom is 0.279 e. The number of pyridine rings is 1. The molecule has 37 heavy (non-hydrogen) atoms. The Labute approximate surface area is 216 Å². The monoisotopic (exact) mass is 504 g/mol. The SMILES string of the molecule is CCOc1ccccc1CNC(=O)c1ccc(C)nc1C1CCN(C(=O)C(=NOC)c2ccco2)CC1. The quantitative estimate of drug-likeness (QED) is 0.348. The molecule has 0 spiro atoms. The fourth-order valence-electron chi connectivity index (χ4n) is 4.50. The van der Waals surface area contributed by atoms with Crippen molar-refractivity contribution in [3.8, 4) is 5.75 Å². The number of carbonyl (C=O) groups is 2. The van der Waals surface area contributed by atoms with E-state index in [1.165, 1.54) is 13.4 Å². The van der Waals surface area contributed by atoms with Crippen molar-refractivity contribution in [3.63, 3.8) is 0 Å². The molecule has 1 N–H and O–H groups in total. The number of piperidine rings is 1. The summed E-state index contributed by atoms with van der Waals surface area (Å²) in [5, 5.41) is 6.91. The molecule has 1 aromatic carbocycles. The van der Waals surface area contributed by atoms with Gasteiger partial charge in [-0.1, -0.05) is 23.4 Å². The van der Waals surface area contributed by atoms with Crippen molar-refractivity contribution in [2.75, 3.05) is 26.8 Å². The predicted molar refractivity (Wildman–Crippen MR) is 139 cm³/mol. The molecule has 9 heteroatoms. The standard InChI is InChI=1S/C28H32N4O5/c1-4-36-23-9-6-5-8-21(23)18-29-27(33)22-12-11-19(2)30-25(22)20-13-15-32(16-14-20)28(34)26(31-35-3)24-10-7-17-37-24/h5-12,17,20H,4,13-16,18H2,1-3H3,(H,29,33). The van der Waals surface area contributed by atoms with Crippen molar-refractivity contribution in [1.29, 1.82) is 0 Å². The number of aryl methyl sites for hydroxylation is 1. The van der Waals surface area contributed by atoms with Crippen molar-refractivity contribution >= 4 is 17.5 Å². The molecule has 1 aliphatic rings. The van der Waals surface area contributed by atoms with Crippen molar-refractivity contribution in [3.05, 3.63) is 83.1 Å². The minimum atomic E-state index is -0.251. The van der Waals surface area contributed by atoms with E-state index in [1.807, 2.05) is 50.2 Å². The van der Waals surface area contributed by atoms with Gasteiger partial charge < -0.3 is 24.2 Å². The van der Waals surface area contributed by atoms with E-state index in [-0.39, 0.29) is 23.4 Å². The predicted octanol–water partition coefficient (Wildman–Crippen LogP) is 4.07. The molecule has 0 saturated carbocycles. The molecule has 0 unspecified atom stereocenters. The average Bonchev–Trinajstić information content (AvgIpc) is 3.46. The zero-order valence-electron chi connectivity index (χ0n) is 21.4. The van der Waals surface area contributed by atoms with Crippen LogP contribution < -0.4 is 10.1 Å². The highest BCUT2D eigenvalue weighted by molar-refractivity contribution is 6.44. The zero-order valence-corrected chi connectivity index (χ0v) is 21.4. The Hall–Kier alpha value is -4.14. The smallest absolute Gasteiger partial charge is 0.279 e. The number of nitrogens with zero attached hydrogens (tertiary/aromatic N) is 3. The summed E-state index contributed by atoms with van der Waals surface area (Å²) in [6.07, 6.45) is 2.84. The Bertz CT molecular complexity index is 1250. The van der Waals surface area contributed by atoms with Gasteiger partial charge in [0, 0.05) is 36.8 Å². The first-order valence-corrected chi connectivity index (χ1v) is 12.4. The summed E-state index contributed by atoms with van der Waals surface area (Å²) in [6.45, 7) is 5.76. The lowest BCUT2D eigenvalue weighted by Gasteiger charge is -2.32. The molecule has 2 amide bonds. The number of para-hydroxylation sites is 1. The van der Waals surface area contributed by atoms with E-state index in [0.29, 0.717) is 50.4 Å². The summed E-state index contributed by atoms with van der Waals surface area (Å²) in [5.74, 6) is 0.736. The van der Waals surface area contributed by atoms with E-state index in [4.69, 9.17) is 19.0 Å². The first-order valence-electron chi connectivity index (χ1n) is 12.4. The fraction of sp³-hybridized carbons (Fsp3) is 0.357. The van der Waals surface area contributed by atoms with Gasteiger partial charge in [0.1, 0.15) is 12.9 Å². The van der Waals surface area contributed by atoms with Crippen LogP contribution in [0.1, 0.15) is 58.8 Å². The van der Waals surface area contributed by atoms with Crippen LogP contribution in [0.3, 0.4) is 0 Å². The molecule has 3 heterocycles. The molecule has 2 aromatic heterocycles. The summed E-state index contributed by atoms with van der Waals surface area (Å²) < 4.78 is 11.0. The number of ether oxygens (including phenoxy) is 1. The number of hydrogen-bond acceptors (Lipinski definition) is 7. The van der Waals surface area contributed by atoms with Crippen LogP contribution in [0.25, 0.3) is 0 Å². The largest absolute Gasteiger partial charge is 0.494 e. The molecule has 3 aromatic rings. The normalized spacial score (nSPS) is 14.4. The third kappa shape index (κ3) is 6.17.